The molecule has 0 unspecified atom stereocenters. The molecule has 0 aliphatic carbocycles. The molecule has 1 N–H and O–H groups in total. The van der Waals surface area contributed by atoms with E-state index < -0.39 is 0 Å². The molecule has 0 fully saturated rings. The maximum atomic E-state index is 12.0. The molecule has 0 spiro atoms. The average Bonchev–Trinajstić information content (AvgIpc) is 3.14. The van der Waals surface area contributed by atoms with E-state index in [-0.39, 0.29) is 5.91 Å². The summed E-state index contributed by atoms with van der Waals surface area (Å²) in [5.41, 5.74) is 1.81. The number of rotatable bonds is 6. The van der Waals surface area contributed by atoms with Crippen LogP contribution in [0.2, 0.25) is 5.02 Å². The summed E-state index contributed by atoms with van der Waals surface area (Å²) in [5.74, 6) is 1.83. The summed E-state index contributed by atoms with van der Waals surface area (Å²) in [6.45, 7) is 0.441. The molecular weight excluding hydrogens is 350 g/mol. The highest BCUT2D eigenvalue weighted by Crippen LogP contribution is 2.29. The van der Waals surface area contributed by atoms with Crippen LogP contribution in [0.1, 0.15) is 11.3 Å². The van der Waals surface area contributed by atoms with Crippen LogP contribution in [0, 0.1) is 0 Å². The largest absolute Gasteiger partial charge is 0.497 e. The lowest BCUT2D eigenvalue weighted by Gasteiger charge is -2.04. The molecule has 4 nitrogen and oxygen atoms in total. The lowest BCUT2D eigenvalue weighted by Crippen LogP contribution is -2.20. The number of furan rings is 1. The Morgan fingerprint density at radius 1 is 1.12 bits per heavy atom. The third-order valence-corrected chi connectivity index (χ3v) is 4.12. The molecule has 0 saturated heterocycles. The van der Waals surface area contributed by atoms with Crippen molar-refractivity contribution in [3.05, 3.63) is 83.1 Å². The van der Waals surface area contributed by atoms with Gasteiger partial charge in [0.15, 0.2) is 0 Å². The van der Waals surface area contributed by atoms with E-state index in [2.05, 4.69) is 5.32 Å². The number of ether oxygens (including phenoxy) is 1. The monoisotopic (exact) mass is 367 g/mol. The Balaban J connectivity index is 1.57. The van der Waals surface area contributed by atoms with Crippen molar-refractivity contribution in [1.82, 2.24) is 5.32 Å². The van der Waals surface area contributed by atoms with E-state index in [1.54, 1.807) is 19.3 Å². The van der Waals surface area contributed by atoms with E-state index >= 15 is 0 Å². The van der Waals surface area contributed by atoms with Gasteiger partial charge in [-0.2, -0.15) is 0 Å². The Labute approximate surface area is 157 Å². The minimum atomic E-state index is -0.198. The number of hydrogen-bond acceptors (Lipinski definition) is 3. The first-order chi connectivity index (χ1) is 12.7. The minimum absolute atomic E-state index is 0.198. The van der Waals surface area contributed by atoms with Gasteiger partial charge in [-0.3, -0.25) is 4.79 Å². The first-order valence-corrected chi connectivity index (χ1v) is 8.47. The second-order valence-electron chi connectivity index (χ2n) is 5.58. The number of carbonyl (C=O) groups excluding carboxylic acids is 1. The number of halogens is 1. The van der Waals surface area contributed by atoms with Gasteiger partial charge in [0.25, 0.3) is 0 Å². The zero-order valence-electron chi connectivity index (χ0n) is 14.2. The molecule has 0 saturated carbocycles. The third-order valence-electron chi connectivity index (χ3n) is 3.79. The fraction of sp³-hybridized carbons (Fsp3) is 0.0952. The molecule has 0 aliphatic rings. The summed E-state index contributed by atoms with van der Waals surface area (Å²) in [6, 6.07) is 18.6. The van der Waals surface area contributed by atoms with Crippen molar-refractivity contribution in [1.29, 1.82) is 0 Å². The van der Waals surface area contributed by atoms with Crippen LogP contribution in [-0.2, 0) is 11.3 Å². The third kappa shape index (κ3) is 4.55. The minimum Gasteiger partial charge on any atom is -0.497 e. The fourth-order valence-corrected chi connectivity index (χ4v) is 2.63. The van der Waals surface area contributed by atoms with Gasteiger partial charge in [-0.1, -0.05) is 35.9 Å². The highest BCUT2D eigenvalue weighted by atomic mass is 35.5. The molecule has 1 aromatic heterocycles. The van der Waals surface area contributed by atoms with Crippen LogP contribution in [0.25, 0.3) is 17.4 Å². The molecule has 0 radical (unpaired) electrons. The van der Waals surface area contributed by atoms with Crippen molar-refractivity contribution in [2.45, 2.75) is 6.54 Å². The quantitative estimate of drug-likeness (QED) is 0.628. The van der Waals surface area contributed by atoms with Gasteiger partial charge < -0.3 is 14.5 Å². The van der Waals surface area contributed by atoms with Gasteiger partial charge in [0.05, 0.1) is 12.1 Å². The molecule has 26 heavy (non-hydrogen) atoms. The smallest absolute Gasteiger partial charge is 0.244 e. The van der Waals surface area contributed by atoms with Crippen LogP contribution in [0.4, 0.5) is 0 Å². The molecule has 1 heterocycles. The van der Waals surface area contributed by atoms with Crippen molar-refractivity contribution in [2.24, 2.45) is 0 Å². The predicted molar refractivity (Wildman–Crippen MR) is 103 cm³/mol. The Bertz CT molecular complexity index is 913. The lowest BCUT2D eigenvalue weighted by atomic mass is 10.2. The Morgan fingerprint density at radius 2 is 1.88 bits per heavy atom. The lowest BCUT2D eigenvalue weighted by molar-refractivity contribution is -0.116. The van der Waals surface area contributed by atoms with Crippen LogP contribution in [0.15, 0.2) is 71.2 Å². The van der Waals surface area contributed by atoms with E-state index in [0.717, 1.165) is 16.9 Å². The van der Waals surface area contributed by atoms with Gasteiger partial charge in [0, 0.05) is 18.2 Å². The van der Waals surface area contributed by atoms with E-state index in [4.69, 9.17) is 20.8 Å². The standard InChI is InChI=1S/C21H18ClNO3/c1-25-16-8-6-15(7-9-16)14-23-21(24)13-11-17-10-12-20(26-17)18-4-2-3-5-19(18)22/h2-13H,14H2,1H3,(H,23,24)/b13-11+. The second kappa shape index (κ2) is 8.41. The first kappa shape index (κ1) is 17.8. The van der Waals surface area contributed by atoms with Crippen LogP contribution >= 0.6 is 11.6 Å². The normalized spacial score (nSPS) is 10.8. The molecule has 1 amide bonds. The number of benzene rings is 2. The molecule has 0 aliphatic heterocycles. The Morgan fingerprint density at radius 3 is 2.62 bits per heavy atom. The zero-order chi connectivity index (χ0) is 18.4. The molecule has 0 bridgehead atoms. The maximum absolute atomic E-state index is 12.0. The summed E-state index contributed by atoms with van der Waals surface area (Å²) >= 11 is 6.16. The zero-order valence-corrected chi connectivity index (χ0v) is 15.0. The molecule has 132 valence electrons. The van der Waals surface area contributed by atoms with Crippen LogP contribution in [-0.4, -0.2) is 13.0 Å². The second-order valence-corrected chi connectivity index (χ2v) is 5.99. The summed E-state index contributed by atoms with van der Waals surface area (Å²) < 4.78 is 10.8. The van der Waals surface area contributed by atoms with Crippen LogP contribution in [0.5, 0.6) is 5.75 Å². The number of methoxy groups -OCH3 is 1. The SMILES string of the molecule is COc1ccc(CNC(=O)/C=C/c2ccc(-c3ccccc3Cl)o2)cc1. The van der Waals surface area contributed by atoms with Gasteiger partial charge in [0.1, 0.15) is 17.3 Å². The van der Waals surface area contributed by atoms with Gasteiger partial charge in [-0.25, -0.2) is 0 Å². The van der Waals surface area contributed by atoms with Gasteiger partial charge in [0.2, 0.25) is 5.91 Å². The van der Waals surface area contributed by atoms with E-state index in [9.17, 15) is 4.79 Å². The van der Waals surface area contributed by atoms with Crippen LogP contribution < -0.4 is 10.1 Å². The Hall–Kier alpha value is -2.98. The van der Waals surface area contributed by atoms with Crippen molar-refractivity contribution >= 4 is 23.6 Å². The predicted octanol–water partition coefficient (Wildman–Crippen LogP) is 4.94. The average molecular weight is 368 g/mol. The van der Waals surface area contributed by atoms with Crippen molar-refractivity contribution in [3.63, 3.8) is 0 Å². The Kier molecular flexibility index (Phi) is 5.77. The molecule has 5 heteroatoms. The summed E-state index contributed by atoms with van der Waals surface area (Å²) in [7, 11) is 1.62. The van der Waals surface area contributed by atoms with Crippen molar-refractivity contribution < 1.29 is 13.9 Å². The molecule has 3 aromatic rings. The molecule has 0 atom stereocenters. The van der Waals surface area contributed by atoms with Crippen LogP contribution in [0.3, 0.4) is 0 Å². The number of amides is 1. The molecule has 3 rings (SSSR count). The fourth-order valence-electron chi connectivity index (χ4n) is 2.40. The van der Waals surface area contributed by atoms with Gasteiger partial charge in [-0.15, -0.1) is 0 Å². The van der Waals surface area contributed by atoms with E-state index in [1.165, 1.54) is 6.08 Å². The van der Waals surface area contributed by atoms with E-state index in [1.807, 2.05) is 54.6 Å². The summed E-state index contributed by atoms with van der Waals surface area (Å²) in [4.78, 5) is 12.0. The molecule has 2 aromatic carbocycles. The van der Waals surface area contributed by atoms with Gasteiger partial charge in [-0.05, 0) is 48.0 Å². The van der Waals surface area contributed by atoms with Gasteiger partial charge >= 0.3 is 0 Å². The summed E-state index contributed by atoms with van der Waals surface area (Å²) in [6.07, 6.45) is 3.07. The number of carbonyl (C=O) groups is 1. The number of nitrogens with one attached hydrogen (secondary N) is 1. The van der Waals surface area contributed by atoms with Crippen molar-refractivity contribution in [2.75, 3.05) is 7.11 Å². The van der Waals surface area contributed by atoms with E-state index in [0.29, 0.717) is 23.1 Å². The number of hydrogen-bond donors (Lipinski definition) is 1. The topological polar surface area (TPSA) is 51.5 Å². The summed E-state index contributed by atoms with van der Waals surface area (Å²) in [5, 5.41) is 3.44. The maximum Gasteiger partial charge on any atom is 0.244 e. The highest BCUT2D eigenvalue weighted by molar-refractivity contribution is 6.33. The van der Waals surface area contributed by atoms with Crippen molar-refractivity contribution in [3.8, 4) is 17.1 Å². The highest BCUT2D eigenvalue weighted by Gasteiger charge is 2.07. The molecular formula is C21H18ClNO3. The first-order valence-electron chi connectivity index (χ1n) is 8.09.